The molecule has 0 atom stereocenters. The number of thiazole rings is 1. The molecule has 1 aromatic heterocycles. The zero-order valence-corrected chi connectivity index (χ0v) is 12.2. The van der Waals surface area contributed by atoms with Crippen molar-refractivity contribution in [1.82, 2.24) is 4.98 Å². The Hall–Kier alpha value is -2.33. The fourth-order valence-corrected chi connectivity index (χ4v) is 3.71. The van der Waals surface area contributed by atoms with Crippen LogP contribution in [0.3, 0.4) is 0 Å². The van der Waals surface area contributed by atoms with E-state index in [0.717, 1.165) is 29.4 Å². The quantitative estimate of drug-likeness (QED) is 0.738. The molecular weight excluding hydrogens is 280 g/mol. The lowest BCUT2D eigenvalue weighted by atomic mass is 9.94. The van der Waals surface area contributed by atoms with Gasteiger partial charge in [0.2, 0.25) is 0 Å². The Morgan fingerprint density at radius 2 is 1.95 bits per heavy atom. The Kier molecular flexibility index (Phi) is 2.89. The SMILES string of the molecule is Oc1cccc(Nc2nc3c(s2)CCc2ccccc2-3)c1. The molecule has 1 aliphatic carbocycles. The maximum atomic E-state index is 9.53. The van der Waals surface area contributed by atoms with Gasteiger partial charge in [-0.3, -0.25) is 0 Å². The van der Waals surface area contributed by atoms with E-state index in [2.05, 4.69) is 29.6 Å². The summed E-state index contributed by atoms with van der Waals surface area (Å²) in [5.74, 6) is 0.256. The average molecular weight is 294 g/mol. The molecule has 1 heterocycles. The molecule has 0 saturated carbocycles. The Morgan fingerprint density at radius 1 is 1.05 bits per heavy atom. The van der Waals surface area contributed by atoms with Gasteiger partial charge in [0.1, 0.15) is 5.75 Å². The summed E-state index contributed by atoms with van der Waals surface area (Å²) in [5, 5.41) is 13.7. The topological polar surface area (TPSA) is 45.1 Å². The highest BCUT2D eigenvalue weighted by molar-refractivity contribution is 7.16. The van der Waals surface area contributed by atoms with Crippen molar-refractivity contribution in [3.05, 3.63) is 59.0 Å². The molecule has 0 unspecified atom stereocenters. The van der Waals surface area contributed by atoms with E-state index in [0.29, 0.717) is 0 Å². The Morgan fingerprint density at radius 3 is 2.86 bits per heavy atom. The number of hydrogen-bond acceptors (Lipinski definition) is 4. The summed E-state index contributed by atoms with van der Waals surface area (Å²) in [7, 11) is 0. The number of aromatic nitrogens is 1. The number of benzene rings is 2. The number of nitrogens with one attached hydrogen (secondary N) is 1. The van der Waals surface area contributed by atoms with Crippen molar-refractivity contribution in [1.29, 1.82) is 0 Å². The standard InChI is InChI=1S/C17H14N2OS/c20-13-6-3-5-12(10-13)18-17-19-16-14-7-2-1-4-11(14)8-9-15(16)21-17/h1-7,10,20H,8-9H2,(H,18,19). The van der Waals surface area contributed by atoms with Crippen LogP contribution in [0.25, 0.3) is 11.3 Å². The molecule has 0 aliphatic heterocycles. The molecule has 21 heavy (non-hydrogen) atoms. The summed E-state index contributed by atoms with van der Waals surface area (Å²) in [4.78, 5) is 6.07. The van der Waals surface area contributed by atoms with Crippen molar-refractivity contribution in [2.45, 2.75) is 12.8 Å². The van der Waals surface area contributed by atoms with Gasteiger partial charge in [0.25, 0.3) is 0 Å². The lowest BCUT2D eigenvalue weighted by Gasteiger charge is -2.13. The predicted octanol–water partition coefficient (Wildman–Crippen LogP) is 4.36. The van der Waals surface area contributed by atoms with E-state index >= 15 is 0 Å². The number of hydrogen-bond donors (Lipinski definition) is 2. The molecule has 1 aliphatic rings. The Bertz CT molecular complexity index is 810. The van der Waals surface area contributed by atoms with Gasteiger partial charge in [-0.2, -0.15) is 0 Å². The van der Waals surface area contributed by atoms with Gasteiger partial charge in [0.05, 0.1) is 5.69 Å². The van der Waals surface area contributed by atoms with Gasteiger partial charge < -0.3 is 10.4 Å². The lowest BCUT2D eigenvalue weighted by molar-refractivity contribution is 0.475. The second-order valence-electron chi connectivity index (χ2n) is 5.12. The van der Waals surface area contributed by atoms with Gasteiger partial charge in [-0.1, -0.05) is 30.3 Å². The largest absolute Gasteiger partial charge is 0.508 e. The van der Waals surface area contributed by atoms with Crippen molar-refractivity contribution in [2.24, 2.45) is 0 Å². The number of rotatable bonds is 2. The van der Waals surface area contributed by atoms with Crippen molar-refractivity contribution in [2.75, 3.05) is 5.32 Å². The minimum absolute atomic E-state index is 0.256. The van der Waals surface area contributed by atoms with Crippen LogP contribution in [0, 0.1) is 0 Å². The summed E-state index contributed by atoms with van der Waals surface area (Å²) < 4.78 is 0. The van der Waals surface area contributed by atoms with Gasteiger partial charge in [-0.05, 0) is 30.5 Å². The van der Waals surface area contributed by atoms with Crippen molar-refractivity contribution in [3.8, 4) is 17.0 Å². The first-order valence-electron chi connectivity index (χ1n) is 6.93. The van der Waals surface area contributed by atoms with Gasteiger partial charge >= 0.3 is 0 Å². The zero-order chi connectivity index (χ0) is 14.2. The van der Waals surface area contributed by atoms with Crippen molar-refractivity contribution < 1.29 is 5.11 Å². The van der Waals surface area contributed by atoms with Crippen LogP contribution in [0.15, 0.2) is 48.5 Å². The third-order valence-corrected chi connectivity index (χ3v) is 4.72. The van der Waals surface area contributed by atoms with E-state index in [1.54, 1.807) is 23.5 Å². The maximum Gasteiger partial charge on any atom is 0.187 e. The molecule has 0 spiro atoms. The highest BCUT2D eigenvalue weighted by Gasteiger charge is 2.20. The van der Waals surface area contributed by atoms with Gasteiger partial charge in [-0.15, -0.1) is 11.3 Å². The number of phenols is 1. The number of fused-ring (bicyclic) bond motifs is 3. The first-order chi connectivity index (χ1) is 10.3. The molecule has 4 heteroatoms. The van der Waals surface area contributed by atoms with E-state index in [-0.39, 0.29) is 5.75 Å². The fraction of sp³-hybridized carbons (Fsp3) is 0.118. The second-order valence-corrected chi connectivity index (χ2v) is 6.21. The molecule has 0 radical (unpaired) electrons. The highest BCUT2D eigenvalue weighted by Crippen LogP contribution is 2.38. The van der Waals surface area contributed by atoms with Crippen LogP contribution in [-0.2, 0) is 12.8 Å². The molecule has 0 bridgehead atoms. The number of anilines is 2. The number of aryl methyl sites for hydroxylation is 2. The third kappa shape index (κ3) is 2.28. The van der Waals surface area contributed by atoms with Gasteiger partial charge in [-0.25, -0.2) is 4.98 Å². The van der Waals surface area contributed by atoms with Crippen LogP contribution in [0.2, 0.25) is 0 Å². The highest BCUT2D eigenvalue weighted by atomic mass is 32.1. The van der Waals surface area contributed by atoms with Crippen molar-refractivity contribution >= 4 is 22.2 Å². The van der Waals surface area contributed by atoms with Gasteiger partial charge in [0, 0.05) is 22.2 Å². The predicted molar refractivity (Wildman–Crippen MR) is 86.3 cm³/mol. The van der Waals surface area contributed by atoms with Crippen LogP contribution in [0.5, 0.6) is 5.75 Å². The lowest BCUT2D eigenvalue weighted by Crippen LogP contribution is -2.01. The molecule has 0 amide bonds. The molecule has 3 nitrogen and oxygen atoms in total. The molecule has 2 N–H and O–H groups in total. The van der Waals surface area contributed by atoms with E-state index in [4.69, 9.17) is 4.98 Å². The Balaban J connectivity index is 1.70. The van der Waals surface area contributed by atoms with Crippen molar-refractivity contribution in [3.63, 3.8) is 0 Å². The van der Waals surface area contributed by atoms with Crippen LogP contribution in [0.1, 0.15) is 10.4 Å². The summed E-state index contributed by atoms with van der Waals surface area (Å²) in [5.41, 5.74) is 4.58. The molecule has 3 aromatic rings. The zero-order valence-electron chi connectivity index (χ0n) is 11.3. The van der Waals surface area contributed by atoms with Crippen LogP contribution in [-0.4, -0.2) is 10.1 Å². The van der Waals surface area contributed by atoms with Gasteiger partial charge in [0.15, 0.2) is 5.13 Å². The molecule has 0 saturated heterocycles. The number of phenolic OH excluding ortho intramolecular Hbond substituents is 1. The monoisotopic (exact) mass is 294 g/mol. The molecule has 0 fully saturated rings. The average Bonchev–Trinajstić information content (AvgIpc) is 2.90. The first-order valence-corrected chi connectivity index (χ1v) is 7.75. The molecule has 4 rings (SSSR count). The van der Waals surface area contributed by atoms with Crippen LogP contribution in [0.4, 0.5) is 10.8 Å². The first kappa shape index (κ1) is 12.4. The van der Waals surface area contributed by atoms with E-state index in [1.807, 2.05) is 12.1 Å². The van der Waals surface area contributed by atoms with E-state index < -0.39 is 0 Å². The summed E-state index contributed by atoms with van der Waals surface area (Å²) in [6.45, 7) is 0. The molecular formula is C17H14N2OS. The minimum atomic E-state index is 0.256. The maximum absolute atomic E-state index is 9.53. The smallest absolute Gasteiger partial charge is 0.187 e. The number of aromatic hydroxyl groups is 1. The minimum Gasteiger partial charge on any atom is -0.508 e. The summed E-state index contributed by atoms with van der Waals surface area (Å²) >= 11 is 1.70. The summed E-state index contributed by atoms with van der Waals surface area (Å²) in [6, 6.07) is 15.6. The Labute approximate surface area is 126 Å². The second kappa shape index (κ2) is 4.90. The fourth-order valence-electron chi connectivity index (χ4n) is 2.71. The van der Waals surface area contributed by atoms with E-state index in [1.165, 1.54) is 16.0 Å². The van der Waals surface area contributed by atoms with Crippen LogP contribution >= 0.6 is 11.3 Å². The molecule has 104 valence electrons. The third-order valence-electron chi connectivity index (χ3n) is 3.69. The van der Waals surface area contributed by atoms with Crippen LogP contribution < -0.4 is 5.32 Å². The molecule has 2 aromatic carbocycles. The normalized spacial score (nSPS) is 12.6. The van der Waals surface area contributed by atoms with E-state index in [9.17, 15) is 5.11 Å². The summed E-state index contributed by atoms with van der Waals surface area (Å²) in [6.07, 6.45) is 2.13. The number of nitrogens with zero attached hydrogens (tertiary/aromatic N) is 1.